The van der Waals surface area contributed by atoms with Gasteiger partial charge in [-0.1, -0.05) is 12.5 Å². The molecule has 24 heavy (non-hydrogen) atoms. The molecule has 3 heterocycles. The summed E-state index contributed by atoms with van der Waals surface area (Å²) in [7, 11) is 1.84. The molecule has 0 N–H and O–H groups in total. The number of piperazine rings is 1. The summed E-state index contributed by atoms with van der Waals surface area (Å²) in [6.45, 7) is 3.80. The van der Waals surface area contributed by atoms with Crippen molar-refractivity contribution in [3.63, 3.8) is 0 Å². The minimum absolute atomic E-state index is 0.115. The molecular weight excluding hydrogens is 304 g/mol. The van der Waals surface area contributed by atoms with Crippen molar-refractivity contribution >= 4 is 17.6 Å². The molecule has 2 saturated heterocycles. The maximum absolute atomic E-state index is 12.6. The minimum atomic E-state index is -0.140. The van der Waals surface area contributed by atoms with Crippen molar-refractivity contribution in [2.75, 3.05) is 44.7 Å². The van der Waals surface area contributed by atoms with Gasteiger partial charge in [-0.25, -0.2) is 4.98 Å². The van der Waals surface area contributed by atoms with Gasteiger partial charge in [0, 0.05) is 58.3 Å². The van der Waals surface area contributed by atoms with Gasteiger partial charge in [0.25, 0.3) is 0 Å². The van der Waals surface area contributed by atoms with Gasteiger partial charge in [-0.15, -0.1) is 0 Å². The first kappa shape index (κ1) is 16.7. The van der Waals surface area contributed by atoms with Gasteiger partial charge in [0.1, 0.15) is 5.82 Å². The molecule has 6 heteroatoms. The third kappa shape index (κ3) is 3.86. The van der Waals surface area contributed by atoms with Crippen molar-refractivity contribution in [2.24, 2.45) is 5.92 Å². The largest absolute Gasteiger partial charge is 0.353 e. The highest BCUT2D eigenvalue weighted by Gasteiger charge is 2.30. The van der Waals surface area contributed by atoms with Crippen molar-refractivity contribution < 1.29 is 9.59 Å². The Labute approximate surface area is 143 Å². The number of amides is 2. The summed E-state index contributed by atoms with van der Waals surface area (Å²) < 4.78 is 0. The monoisotopic (exact) mass is 330 g/mol. The fraction of sp³-hybridized carbons (Fsp3) is 0.611. The lowest BCUT2D eigenvalue weighted by atomic mass is 9.98. The second-order valence-corrected chi connectivity index (χ2v) is 6.71. The molecule has 0 aromatic carbocycles. The maximum Gasteiger partial charge on any atom is 0.225 e. The first-order valence-electron chi connectivity index (χ1n) is 8.84. The Morgan fingerprint density at radius 1 is 1.17 bits per heavy atom. The van der Waals surface area contributed by atoms with E-state index in [-0.39, 0.29) is 17.7 Å². The van der Waals surface area contributed by atoms with Gasteiger partial charge in [-0.2, -0.15) is 0 Å². The molecule has 2 aliphatic rings. The summed E-state index contributed by atoms with van der Waals surface area (Å²) in [4.78, 5) is 35.2. The van der Waals surface area contributed by atoms with E-state index in [9.17, 15) is 9.59 Å². The van der Waals surface area contributed by atoms with Crippen LogP contribution in [-0.4, -0.2) is 66.4 Å². The average molecular weight is 330 g/mol. The Kier molecular flexibility index (Phi) is 5.33. The van der Waals surface area contributed by atoms with Gasteiger partial charge in [0.2, 0.25) is 11.8 Å². The number of carbonyl (C=O) groups excluding carboxylic acids is 2. The van der Waals surface area contributed by atoms with Crippen LogP contribution in [0.5, 0.6) is 0 Å². The summed E-state index contributed by atoms with van der Waals surface area (Å²) in [5.41, 5.74) is 0. The Morgan fingerprint density at radius 2 is 1.96 bits per heavy atom. The van der Waals surface area contributed by atoms with Crippen molar-refractivity contribution in [3.05, 3.63) is 24.4 Å². The predicted octanol–water partition coefficient (Wildman–Crippen LogP) is 1.38. The molecule has 3 rings (SSSR count). The summed E-state index contributed by atoms with van der Waals surface area (Å²) in [5.74, 6) is 1.07. The van der Waals surface area contributed by atoms with Gasteiger partial charge < -0.3 is 14.7 Å². The van der Waals surface area contributed by atoms with Crippen molar-refractivity contribution in [1.82, 2.24) is 14.8 Å². The second kappa shape index (κ2) is 7.64. The molecule has 2 fully saturated rings. The molecule has 0 saturated carbocycles. The van der Waals surface area contributed by atoms with E-state index in [2.05, 4.69) is 9.88 Å². The topological polar surface area (TPSA) is 56.8 Å². The van der Waals surface area contributed by atoms with E-state index >= 15 is 0 Å². The van der Waals surface area contributed by atoms with E-state index in [0.29, 0.717) is 19.5 Å². The molecule has 0 radical (unpaired) electrons. The number of likely N-dealkylation sites (tertiary alicyclic amines) is 1. The highest BCUT2D eigenvalue weighted by molar-refractivity contribution is 5.86. The molecule has 130 valence electrons. The van der Waals surface area contributed by atoms with E-state index in [1.54, 1.807) is 11.1 Å². The SMILES string of the molecule is CN1CCCCC(CC(=O)N2CCN(c3ccccn3)CC2)C1=O. The van der Waals surface area contributed by atoms with Gasteiger partial charge in [-0.05, 0) is 25.0 Å². The van der Waals surface area contributed by atoms with Crippen LogP contribution in [-0.2, 0) is 9.59 Å². The molecule has 1 unspecified atom stereocenters. The van der Waals surface area contributed by atoms with E-state index in [1.165, 1.54) is 0 Å². The van der Waals surface area contributed by atoms with Crippen LogP contribution in [0.3, 0.4) is 0 Å². The fourth-order valence-corrected chi connectivity index (χ4v) is 3.54. The summed E-state index contributed by atoms with van der Waals surface area (Å²) >= 11 is 0. The number of carbonyl (C=O) groups is 2. The summed E-state index contributed by atoms with van der Waals surface area (Å²) in [6.07, 6.45) is 5.05. The highest BCUT2D eigenvalue weighted by atomic mass is 16.2. The molecule has 1 atom stereocenters. The number of anilines is 1. The molecule has 1 aromatic heterocycles. The molecule has 1 aromatic rings. The normalized spacial score (nSPS) is 22.5. The predicted molar refractivity (Wildman–Crippen MR) is 92.6 cm³/mol. The first-order chi connectivity index (χ1) is 11.6. The number of aromatic nitrogens is 1. The van der Waals surface area contributed by atoms with Crippen LogP contribution in [0.2, 0.25) is 0 Å². The lowest BCUT2D eigenvalue weighted by Gasteiger charge is -2.36. The Balaban J connectivity index is 1.52. The summed E-state index contributed by atoms with van der Waals surface area (Å²) in [6, 6.07) is 5.88. The van der Waals surface area contributed by atoms with Crippen molar-refractivity contribution in [2.45, 2.75) is 25.7 Å². The lowest BCUT2D eigenvalue weighted by Crippen LogP contribution is -2.49. The second-order valence-electron chi connectivity index (χ2n) is 6.71. The van der Waals surface area contributed by atoms with Gasteiger partial charge >= 0.3 is 0 Å². The highest BCUT2D eigenvalue weighted by Crippen LogP contribution is 2.22. The van der Waals surface area contributed by atoms with E-state index < -0.39 is 0 Å². The Hall–Kier alpha value is -2.11. The molecular formula is C18H26N4O2. The van der Waals surface area contributed by atoms with Crippen molar-refractivity contribution in [3.8, 4) is 0 Å². The van der Waals surface area contributed by atoms with Gasteiger partial charge in [-0.3, -0.25) is 9.59 Å². The minimum Gasteiger partial charge on any atom is -0.353 e. The van der Waals surface area contributed by atoms with E-state index in [1.807, 2.05) is 30.1 Å². The van der Waals surface area contributed by atoms with Crippen LogP contribution in [0.15, 0.2) is 24.4 Å². The molecule has 2 amide bonds. The number of hydrogen-bond acceptors (Lipinski definition) is 4. The first-order valence-corrected chi connectivity index (χ1v) is 8.84. The molecule has 6 nitrogen and oxygen atoms in total. The fourth-order valence-electron chi connectivity index (χ4n) is 3.54. The third-order valence-electron chi connectivity index (χ3n) is 5.05. The maximum atomic E-state index is 12.6. The smallest absolute Gasteiger partial charge is 0.225 e. The quantitative estimate of drug-likeness (QED) is 0.840. The summed E-state index contributed by atoms with van der Waals surface area (Å²) in [5, 5.41) is 0. The van der Waals surface area contributed by atoms with E-state index in [0.717, 1.165) is 44.7 Å². The lowest BCUT2D eigenvalue weighted by molar-refractivity contribution is -0.140. The van der Waals surface area contributed by atoms with Crippen LogP contribution < -0.4 is 4.90 Å². The van der Waals surface area contributed by atoms with Crippen LogP contribution >= 0.6 is 0 Å². The molecule has 0 spiro atoms. The molecule has 2 aliphatic heterocycles. The zero-order valence-corrected chi connectivity index (χ0v) is 14.4. The van der Waals surface area contributed by atoms with E-state index in [4.69, 9.17) is 0 Å². The number of nitrogens with zero attached hydrogens (tertiary/aromatic N) is 4. The van der Waals surface area contributed by atoms with Gasteiger partial charge in [0.15, 0.2) is 0 Å². The zero-order chi connectivity index (χ0) is 16.9. The third-order valence-corrected chi connectivity index (χ3v) is 5.05. The van der Waals surface area contributed by atoms with Gasteiger partial charge in [0.05, 0.1) is 0 Å². The van der Waals surface area contributed by atoms with Crippen molar-refractivity contribution in [1.29, 1.82) is 0 Å². The van der Waals surface area contributed by atoms with Crippen LogP contribution in [0, 0.1) is 5.92 Å². The Morgan fingerprint density at radius 3 is 2.67 bits per heavy atom. The zero-order valence-electron chi connectivity index (χ0n) is 14.4. The number of pyridine rings is 1. The average Bonchev–Trinajstić information content (AvgIpc) is 2.78. The molecule has 0 bridgehead atoms. The number of rotatable bonds is 3. The van der Waals surface area contributed by atoms with Crippen LogP contribution in [0.1, 0.15) is 25.7 Å². The van der Waals surface area contributed by atoms with Crippen LogP contribution in [0.25, 0.3) is 0 Å². The molecule has 0 aliphatic carbocycles. The standard InChI is InChI=1S/C18H26N4O2/c1-20-9-5-3-6-15(18(20)24)14-17(23)22-12-10-21(11-13-22)16-7-2-4-8-19-16/h2,4,7-8,15H,3,5-6,9-14H2,1H3. The Bertz CT molecular complexity index is 570. The number of hydrogen-bond donors (Lipinski definition) is 0. The van der Waals surface area contributed by atoms with Crippen LogP contribution in [0.4, 0.5) is 5.82 Å².